The predicted octanol–water partition coefficient (Wildman–Crippen LogP) is 1.53. The fourth-order valence-corrected chi connectivity index (χ4v) is 5.79. The van der Waals surface area contributed by atoms with Crippen molar-refractivity contribution in [3.8, 4) is 0 Å². The molecule has 3 aliphatic rings. The lowest BCUT2D eigenvalue weighted by atomic mass is 9.75. The number of nitrogen functional groups attached to an aromatic ring is 1. The fraction of sp³-hybridized carbons (Fsp3) is 0.480. The summed E-state index contributed by atoms with van der Waals surface area (Å²) in [4.78, 5) is 38.0. The van der Waals surface area contributed by atoms with Crippen LogP contribution >= 0.6 is 0 Å². The summed E-state index contributed by atoms with van der Waals surface area (Å²) >= 11 is 0. The molecule has 182 valence electrons. The van der Waals surface area contributed by atoms with Gasteiger partial charge < -0.3 is 10.6 Å². The zero-order valence-corrected chi connectivity index (χ0v) is 19.9. The Morgan fingerprint density at radius 3 is 2.57 bits per heavy atom. The van der Waals surface area contributed by atoms with Gasteiger partial charge in [0.05, 0.1) is 11.6 Å². The first-order chi connectivity index (χ1) is 17.0. The van der Waals surface area contributed by atoms with E-state index in [1.165, 1.54) is 5.56 Å². The number of anilines is 2. The molecule has 0 radical (unpaired) electrons. The average Bonchev–Trinajstić information content (AvgIpc) is 3.16. The lowest BCUT2D eigenvalue weighted by Gasteiger charge is -2.46. The van der Waals surface area contributed by atoms with Gasteiger partial charge in [-0.15, -0.1) is 0 Å². The summed E-state index contributed by atoms with van der Waals surface area (Å²) in [5, 5.41) is 8.10. The summed E-state index contributed by atoms with van der Waals surface area (Å²) in [6.45, 7) is 3.78. The minimum Gasteiger partial charge on any atom is -0.384 e. The van der Waals surface area contributed by atoms with E-state index in [9.17, 15) is 9.59 Å². The van der Waals surface area contributed by atoms with E-state index in [0.717, 1.165) is 61.4 Å². The second-order valence-electron chi connectivity index (χ2n) is 9.90. The van der Waals surface area contributed by atoms with Gasteiger partial charge in [-0.1, -0.05) is 6.07 Å². The second kappa shape index (κ2) is 8.60. The lowest BCUT2D eigenvalue weighted by molar-refractivity contribution is -0.134. The quantitative estimate of drug-likeness (QED) is 0.546. The Bertz CT molecular complexity index is 1270. The summed E-state index contributed by atoms with van der Waals surface area (Å²) in [6.07, 6.45) is 6.87. The Morgan fingerprint density at radius 2 is 1.86 bits per heavy atom. The van der Waals surface area contributed by atoms with Gasteiger partial charge in [-0.3, -0.25) is 24.5 Å². The second-order valence-corrected chi connectivity index (χ2v) is 9.90. The monoisotopic (exact) mass is 474 g/mol. The number of aromatic nitrogens is 4. The van der Waals surface area contributed by atoms with Crippen molar-refractivity contribution in [2.45, 2.75) is 43.6 Å². The molecule has 1 saturated carbocycles. The lowest BCUT2D eigenvalue weighted by Crippen LogP contribution is -2.53. The SMILES string of the molecule is Cn1nc(C2CCC(=O)NC2=O)c2ccnc(N3CCN(C4CC(c5ccc(N)nc5)C4)CC3)c21. The molecule has 0 spiro atoms. The van der Waals surface area contributed by atoms with E-state index in [0.29, 0.717) is 30.6 Å². The van der Waals surface area contributed by atoms with E-state index in [-0.39, 0.29) is 11.8 Å². The van der Waals surface area contributed by atoms with Gasteiger partial charge in [0.2, 0.25) is 11.8 Å². The van der Waals surface area contributed by atoms with Crippen molar-refractivity contribution < 1.29 is 9.59 Å². The van der Waals surface area contributed by atoms with Crippen molar-refractivity contribution in [2.24, 2.45) is 7.05 Å². The third-order valence-corrected chi connectivity index (χ3v) is 7.86. The molecule has 0 bridgehead atoms. The molecule has 2 aliphatic heterocycles. The van der Waals surface area contributed by atoms with Crippen molar-refractivity contribution in [2.75, 3.05) is 36.8 Å². The van der Waals surface area contributed by atoms with E-state index in [1.54, 1.807) is 6.20 Å². The molecule has 10 nitrogen and oxygen atoms in total. The van der Waals surface area contributed by atoms with Crippen LogP contribution in [0.5, 0.6) is 0 Å². The van der Waals surface area contributed by atoms with Gasteiger partial charge in [-0.25, -0.2) is 9.97 Å². The number of aryl methyl sites for hydroxylation is 1. The number of nitrogens with one attached hydrogen (secondary N) is 1. The molecule has 6 rings (SSSR count). The molecule has 1 aliphatic carbocycles. The number of hydrogen-bond acceptors (Lipinski definition) is 8. The number of fused-ring (bicyclic) bond motifs is 1. The van der Waals surface area contributed by atoms with Crippen LogP contribution in [-0.4, -0.2) is 68.7 Å². The molecule has 10 heteroatoms. The molecule has 35 heavy (non-hydrogen) atoms. The Balaban J connectivity index is 1.14. The van der Waals surface area contributed by atoms with Crippen molar-refractivity contribution >= 4 is 34.4 Å². The Labute approximate surface area is 203 Å². The summed E-state index contributed by atoms with van der Waals surface area (Å²) in [6, 6.07) is 6.53. The van der Waals surface area contributed by atoms with Crippen LogP contribution in [-0.2, 0) is 16.6 Å². The number of piperazine rings is 1. The van der Waals surface area contributed by atoms with E-state index in [1.807, 2.05) is 30.1 Å². The molecule has 3 aromatic rings. The minimum absolute atomic E-state index is 0.213. The molecule has 3 fully saturated rings. The van der Waals surface area contributed by atoms with Crippen molar-refractivity contribution in [1.82, 2.24) is 30.0 Å². The van der Waals surface area contributed by atoms with Gasteiger partial charge in [0.15, 0.2) is 5.82 Å². The van der Waals surface area contributed by atoms with Gasteiger partial charge in [0, 0.05) is 63.5 Å². The average molecular weight is 475 g/mol. The summed E-state index contributed by atoms with van der Waals surface area (Å²) in [7, 11) is 1.90. The number of hydrogen-bond donors (Lipinski definition) is 2. The number of pyridine rings is 2. The molecule has 0 aromatic carbocycles. The molecule has 1 unspecified atom stereocenters. The normalized spacial score (nSPS) is 25.5. The molecule has 3 N–H and O–H groups in total. The van der Waals surface area contributed by atoms with Crippen LogP contribution in [0.25, 0.3) is 10.9 Å². The highest BCUT2D eigenvalue weighted by Crippen LogP contribution is 2.40. The van der Waals surface area contributed by atoms with E-state index in [4.69, 9.17) is 15.8 Å². The Morgan fingerprint density at radius 1 is 1.06 bits per heavy atom. The standard InChI is InChI=1S/C25H30N8O2/c1-31-23-18(22(30-31)19-3-5-21(34)29-25(19)35)6-7-27-24(23)33-10-8-32(9-11-33)17-12-16(13-17)15-2-4-20(26)28-14-15/h2,4,6-7,14,16-17,19H,3,5,8-13H2,1H3,(H2,26,28)(H,29,34,35). The van der Waals surface area contributed by atoms with Gasteiger partial charge in [0.25, 0.3) is 0 Å². The number of nitrogens with two attached hydrogens (primary N) is 1. The van der Waals surface area contributed by atoms with Gasteiger partial charge in [-0.05, 0) is 42.9 Å². The van der Waals surface area contributed by atoms with Gasteiger partial charge in [-0.2, -0.15) is 5.10 Å². The number of nitrogens with zero attached hydrogens (tertiary/aromatic N) is 6. The maximum atomic E-state index is 12.5. The first kappa shape index (κ1) is 22.0. The largest absolute Gasteiger partial charge is 0.384 e. The van der Waals surface area contributed by atoms with Crippen LogP contribution in [0.1, 0.15) is 48.8 Å². The number of imide groups is 1. The zero-order valence-electron chi connectivity index (χ0n) is 19.9. The molecular weight excluding hydrogens is 444 g/mol. The van der Waals surface area contributed by atoms with Crippen LogP contribution in [0.4, 0.5) is 11.6 Å². The highest BCUT2D eigenvalue weighted by Gasteiger charge is 2.37. The fourth-order valence-electron chi connectivity index (χ4n) is 5.79. The molecule has 2 saturated heterocycles. The summed E-state index contributed by atoms with van der Waals surface area (Å²) in [5.41, 5.74) is 8.68. The van der Waals surface area contributed by atoms with Crippen LogP contribution in [0, 0.1) is 0 Å². The first-order valence-corrected chi connectivity index (χ1v) is 12.3. The molecule has 2 amide bonds. The van der Waals surface area contributed by atoms with Gasteiger partial charge in [0.1, 0.15) is 11.3 Å². The number of piperidine rings is 1. The van der Waals surface area contributed by atoms with Crippen LogP contribution in [0.2, 0.25) is 0 Å². The zero-order chi connectivity index (χ0) is 24.1. The topological polar surface area (TPSA) is 122 Å². The number of amides is 2. The number of carbonyl (C=O) groups is 2. The molecule has 1 atom stereocenters. The highest BCUT2D eigenvalue weighted by molar-refractivity contribution is 6.03. The highest BCUT2D eigenvalue weighted by atomic mass is 16.2. The van der Waals surface area contributed by atoms with Crippen molar-refractivity contribution in [3.63, 3.8) is 0 Å². The molecular formula is C25H30N8O2. The van der Waals surface area contributed by atoms with Crippen LogP contribution < -0.4 is 16.0 Å². The van der Waals surface area contributed by atoms with Crippen molar-refractivity contribution in [1.29, 1.82) is 0 Å². The van der Waals surface area contributed by atoms with Crippen molar-refractivity contribution in [3.05, 3.63) is 41.9 Å². The summed E-state index contributed by atoms with van der Waals surface area (Å²) < 4.78 is 1.83. The third-order valence-electron chi connectivity index (χ3n) is 7.86. The first-order valence-electron chi connectivity index (χ1n) is 12.3. The van der Waals surface area contributed by atoms with E-state index in [2.05, 4.69) is 26.2 Å². The number of rotatable bonds is 4. The van der Waals surface area contributed by atoms with Crippen LogP contribution in [0.3, 0.4) is 0 Å². The molecule has 3 aromatic heterocycles. The van der Waals surface area contributed by atoms with E-state index < -0.39 is 5.92 Å². The Hall–Kier alpha value is -3.53. The maximum Gasteiger partial charge on any atom is 0.235 e. The minimum atomic E-state index is -0.411. The molecule has 5 heterocycles. The van der Waals surface area contributed by atoms with E-state index >= 15 is 0 Å². The number of carbonyl (C=O) groups excluding carboxylic acids is 2. The third kappa shape index (κ3) is 3.91. The van der Waals surface area contributed by atoms with Crippen LogP contribution in [0.15, 0.2) is 30.6 Å². The Kier molecular flexibility index (Phi) is 5.40. The smallest absolute Gasteiger partial charge is 0.235 e. The summed E-state index contributed by atoms with van der Waals surface area (Å²) in [5.74, 6) is 1.17. The predicted molar refractivity (Wildman–Crippen MR) is 132 cm³/mol. The van der Waals surface area contributed by atoms with Gasteiger partial charge >= 0.3 is 0 Å². The maximum absolute atomic E-state index is 12.5.